The molecule has 0 bridgehead atoms. The molecule has 25 heavy (non-hydrogen) atoms. The summed E-state index contributed by atoms with van der Waals surface area (Å²) in [7, 11) is 1.39. The van der Waals surface area contributed by atoms with E-state index in [0.717, 1.165) is 19.4 Å². The second-order valence-electron chi connectivity index (χ2n) is 6.01. The molecule has 1 fully saturated rings. The largest absolute Gasteiger partial charge is 0.494 e. The van der Waals surface area contributed by atoms with E-state index in [9.17, 15) is 9.18 Å². The van der Waals surface area contributed by atoms with E-state index in [1.54, 1.807) is 24.4 Å². The van der Waals surface area contributed by atoms with Gasteiger partial charge in [0.1, 0.15) is 5.82 Å². The molecule has 0 radical (unpaired) electrons. The van der Waals surface area contributed by atoms with Gasteiger partial charge in [-0.05, 0) is 43.2 Å². The van der Waals surface area contributed by atoms with Gasteiger partial charge < -0.3 is 9.64 Å². The third kappa shape index (κ3) is 3.61. The summed E-state index contributed by atoms with van der Waals surface area (Å²) in [6, 6.07) is 9.77. The lowest BCUT2D eigenvalue weighted by Crippen LogP contribution is -2.39. The maximum atomic E-state index is 13.9. The molecule has 2 heterocycles. The summed E-state index contributed by atoms with van der Waals surface area (Å²) in [5.41, 5.74) is 0.888. The van der Waals surface area contributed by atoms with Crippen LogP contribution in [-0.4, -0.2) is 31.0 Å². The summed E-state index contributed by atoms with van der Waals surface area (Å²) < 4.78 is 18.8. The number of pyridine rings is 1. The molecule has 1 atom stereocenters. The average molecular weight is 339 g/mol. The van der Waals surface area contributed by atoms with Gasteiger partial charge in [-0.25, -0.2) is 9.37 Å². The van der Waals surface area contributed by atoms with E-state index >= 15 is 0 Å². The van der Waals surface area contributed by atoms with Gasteiger partial charge in [-0.1, -0.05) is 0 Å². The Balaban J connectivity index is 1.77. The zero-order chi connectivity index (χ0) is 17.8. The van der Waals surface area contributed by atoms with Crippen LogP contribution in [0.3, 0.4) is 0 Å². The molecule has 1 aromatic heterocycles. The summed E-state index contributed by atoms with van der Waals surface area (Å²) in [5, 5.41) is 9.02. The van der Waals surface area contributed by atoms with Gasteiger partial charge in [0.05, 0.1) is 18.7 Å². The predicted molar refractivity (Wildman–Crippen MR) is 91.2 cm³/mol. The van der Waals surface area contributed by atoms with E-state index in [2.05, 4.69) is 11.1 Å². The first-order valence-corrected chi connectivity index (χ1v) is 8.11. The highest BCUT2D eigenvalue weighted by molar-refractivity contribution is 5.98. The number of benzene rings is 1. The van der Waals surface area contributed by atoms with E-state index in [1.165, 1.54) is 19.2 Å². The number of halogens is 1. The van der Waals surface area contributed by atoms with Gasteiger partial charge in [-0.15, -0.1) is 0 Å². The Kier molecular flexibility index (Phi) is 4.94. The molecule has 3 rings (SSSR count). The van der Waals surface area contributed by atoms with Crippen molar-refractivity contribution in [3.8, 4) is 11.8 Å². The topological polar surface area (TPSA) is 66.2 Å². The molecule has 0 unspecified atom stereocenters. The van der Waals surface area contributed by atoms with Crippen molar-refractivity contribution < 1.29 is 13.9 Å². The number of rotatable bonds is 4. The van der Waals surface area contributed by atoms with Gasteiger partial charge in [-0.3, -0.25) is 4.79 Å². The number of aromatic nitrogens is 1. The van der Waals surface area contributed by atoms with Crippen LogP contribution in [0, 0.1) is 23.1 Å². The zero-order valence-electron chi connectivity index (χ0n) is 13.9. The first-order chi connectivity index (χ1) is 12.1. The maximum Gasteiger partial charge on any atom is 0.167 e. The maximum absolute atomic E-state index is 13.9. The van der Waals surface area contributed by atoms with Crippen LogP contribution in [0.25, 0.3) is 0 Å². The number of piperidine rings is 1. The molecule has 0 aliphatic carbocycles. The molecular formula is C19H18FN3O2. The van der Waals surface area contributed by atoms with Gasteiger partial charge in [0.15, 0.2) is 17.3 Å². The van der Waals surface area contributed by atoms with Crippen molar-refractivity contribution in [2.45, 2.75) is 12.8 Å². The summed E-state index contributed by atoms with van der Waals surface area (Å²) in [6.45, 7) is 1.29. The van der Waals surface area contributed by atoms with Crippen molar-refractivity contribution >= 4 is 11.6 Å². The molecule has 0 N–H and O–H groups in total. The molecule has 1 saturated heterocycles. The first-order valence-electron chi connectivity index (χ1n) is 8.11. The molecular weight excluding hydrogens is 321 g/mol. The Bertz CT molecular complexity index is 832. The van der Waals surface area contributed by atoms with Crippen LogP contribution < -0.4 is 9.64 Å². The minimum absolute atomic E-state index is 0.0808. The van der Waals surface area contributed by atoms with Crippen LogP contribution in [0.4, 0.5) is 10.2 Å². The summed E-state index contributed by atoms with van der Waals surface area (Å²) in [4.78, 5) is 19.1. The zero-order valence-corrected chi connectivity index (χ0v) is 13.9. The fourth-order valence-electron chi connectivity index (χ4n) is 3.12. The number of nitriles is 1. The van der Waals surface area contributed by atoms with Crippen LogP contribution >= 0.6 is 0 Å². The van der Waals surface area contributed by atoms with E-state index < -0.39 is 5.82 Å². The molecule has 2 aromatic rings. The number of Topliss-reactive ketones (excluding diaryl/α,β-unsaturated/α-hetero) is 1. The molecule has 5 nitrogen and oxygen atoms in total. The van der Waals surface area contributed by atoms with Gasteiger partial charge in [-0.2, -0.15) is 5.26 Å². The number of hydrogen-bond acceptors (Lipinski definition) is 5. The van der Waals surface area contributed by atoms with Crippen LogP contribution in [0.2, 0.25) is 0 Å². The van der Waals surface area contributed by atoms with Gasteiger partial charge >= 0.3 is 0 Å². The molecule has 0 spiro atoms. The lowest BCUT2D eigenvalue weighted by molar-refractivity contribution is 0.0906. The molecule has 0 amide bonds. The third-order valence-corrected chi connectivity index (χ3v) is 4.43. The first kappa shape index (κ1) is 16.9. The molecule has 6 heteroatoms. The lowest BCUT2D eigenvalue weighted by atomic mass is 9.90. The Hall–Kier alpha value is -2.94. The third-order valence-electron chi connectivity index (χ3n) is 4.43. The van der Waals surface area contributed by atoms with Crippen LogP contribution in [0.5, 0.6) is 5.75 Å². The van der Waals surface area contributed by atoms with Gasteiger partial charge in [0.25, 0.3) is 0 Å². The second kappa shape index (κ2) is 7.31. The van der Waals surface area contributed by atoms with Gasteiger partial charge in [0, 0.05) is 30.8 Å². The predicted octanol–water partition coefficient (Wildman–Crippen LogP) is 3.20. The fourth-order valence-corrected chi connectivity index (χ4v) is 3.12. The summed E-state index contributed by atoms with van der Waals surface area (Å²) >= 11 is 0. The number of methoxy groups -OCH3 is 1. The van der Waals surface area contributed by atoms with E-state index in [1.807, 2.05) is 4.90 Å². The molecule has 1 aromatic carbocycles. The number of anilines is 1. The van der Waals surface area contributed by atoms with Crippen molar-refractivity contribution in [2.75, 3.05) is 25.1 Å². The quantitative estimate of drug-likeness (QED) is 0.800. The summed E-state index contributed by atoms with van der Waals surface area (Å²) in [6.07, 6.45) is 3.19. The SMILES string of the molecule is COc1ccc(C(=O)[C@@H]2CCCN(c3cc(C#N)ccn3)C2)cc1F. The monoisotopic (exact) mass is 339 g/mol. The summed E-state index contributed by atoms with van der Waals surface area (Å²) in [5.74, 6) is -0.0296. The highest BCUT2D eigenvalue weighted by Crippen LogP contribution is 2.26. The standard InChI is InChI=1S/C19H18FN3O2/c1-25-17-5-4-14(10-16(17)20)19(24)15-3-2-8-23(12-15)18-9-13(11-21)6-7-22-18/h4-7,9-10,15H,2-3,8,12H2,1H3/t15-/m1/s1. The normalized spacial score (nSPS) is 17.0. The smallest absolute Gasteiger partial charge is 0.167 e. The molecule has 1 aliphatic heterocycles. The molecule has 0 saturated carbocycles. The molecule has 1 aliphatic rings. The number of carbonyl (C=O) groups is 1. The lowest BCUT2D eigenvalue weighted by Gasteiger charge is -2.33. The number of ether oxygens (including phenoxy) is 1. The van der Waals surface area contributed by atoms with E-state index in [0.29, 0.717) is 23.5 Å². The number of ketones is 1. The van der Waals surface area contributed by atoms with Crippen molar-refractivity contribution in [2.24, 2.45) is 5.92 Å². The van der Waals surface area contributed by atoms with Crippen molar-refractivity contribution in [3.63, 3.8) is 0 Å². The van der Waals surface area contributed by atoms with Crippen LogP contribution in [0.1, 0.15) is 28.8 Å². The Morgan fingerprint density at radius 3 is 2.96 bits per heavy atom. The van der Waals surface area contributed by atoms with E-state index in [4.69, 9.17) is 10.00 Å². The number of carbonyl (C=O) groups excluding carboxylic acids is 1. The van der Waals surface area contributed by atoms with Crippen molar-refractivity contribution in [1.29, 1.82) is 5.26 Å². The number of nitrogens with zero attached hydrogens (tertiary/aromatic N) is 3. The minimum Gasteiger partial charge on any atom is -0.494 e. The Labute approximate surface area is 145 Å². The van der Waals surface area contributed by atoms with E-state index in [-0.39, 0.29) is 17.5 Å². The highest BCUT2D eigenvalue weighted by atomic mass is 19.1. The number of hydrogen-bond donors (Lipinski definition) is 0. The fraction of sp³-hybridized carbons (Fsp3) is 0.316. The van der Waals surface area contributed by atoms with Crippen molar-refractivity contribution in [3.05, 3.63) is 53.5 Å². The minimum atomic E-state index is -0.538. The Morgan fingerprint density at radius 1 is 1.40 bits per heavy atom. The van der Waals surface area contributed by atoms with Crippen LogP contribution in [0.15, 0.2) is 36.5 Å². The van der Waals surface area contributed by atoms with Crippen molar-refractivity contribution in [1.82, 2.24) is 4.98 Å². The Morgan fingerprint density at radius 2 is 2.24 bits per heavy atom. The second-order valence-corrected chi connectivity index (χ2v) is 6.01. The van der Waals surface area contributed by atoms with Gasteiger partial charge in [0.2, 0.25) is 0 Å². The average Bonchev–Trinajstić information content (AvgIpc) is 2.67. The molecule has 128 valence electrons. The van der Waals surface area contributed by atoms with Crippen LogP contribution in [-0.2, 0) is 0 Å². The highest BCUT2D eigenvalue weighted by Gasteiger charge is 2.28.